The highest BCUT2D eigenvalue weighted by Gasteiger charge is 2.23. The van der Waals surface area contributed by atoms with E-state index in [9.17, 15) is 0 Å². The van der Waals surface area contributed by atoms with Crippen LogP contribution in [0, 0.1) is 0 Å². The standard InChI is InChI=1S/C12H10ClN3O/c13-11-5-14-6-12(16-11)15-9-7-17-10-4-2-1-3-8(9)10/h1-6,9H,7H2,(H,15,16). The van der Waals surface area contributed by atoms with Gasteiger partial charge in [-0.1, -0.05) is 29.8 Å². The zero-order valence-electron chi connectivity index (χ0n) is 8.93. The highest BCUT2D eigenvalue weighted by molar-refractivity contribution is 6.29. The lowest BCUT2D eigenvalue weighted by Gasteiger charge is -2.11. The first-order chi connectivity index (χ1) is 8.33. The quantitative estimate of drug-likeness (QED) is 0.886. The molecule has 0 amide bonds. The monoisotopic (exact) mass is 247 g/mol. The van der Waals surface area contributed by atoms with E-state index in [-0.39, 0.29) is 6.04 Å². The molecule has 1 aliphatic rings. The van der Waals surface area contributed by atoms with E-state index >= 15 is 0 Å². The molecule has 1 aliphatic heterocycles. The molecule has 0 aliphatic carbocycles. The molecular formula is C12H10ClN3O. The number of benzene rings is 1. The van der Waals surface area contributed by atoms with E-state index in [1.54, 1.807) is 6.20 Å². The van der Waals surface area contributed by atoms with Crippen LogP contribution in [0.25, 0.3) is 0 Å². The summed E-state index contributed by atoms with van der Waals surface area (Å²) in [5, 5.41) is 3.63. The third-order valence-corrected chi connectivity index (χ3v) is 2.81. The molecule has 4 nitrogen and oxygen atoms in total. The van der Waals surface area contributed by atoms with E-state index in [1.165, 1.54) is 6.20 Å². The Labute approximate surface area is 104 Å². The van der Waals surface area contributed by atoms with Crippen LogP contribution in [0.15, 0.2) is 36.7 Å². The second-order valence-electron chi connectivity index (χ2n) is 3.77. The van der Waals surface area contributed by atoms with Crippen LogP contribution in [0.1, 0.15) is 11.6 Å². The van der Waals surface area contributed by atoms with Crippen LogP contribution in [0.2, 0.25) is 5.15 Å². The molecule has 1 unspecified atom stereocenters. The Kier molecular flexibility index (Phi) is 2.57. The van der Waals surface area contributed by atoms with Crippen LogP contribution in [-0.2, 0) is 0 Å². The number of hydrogen-bond acceptors (Lipinski definition) is 4. The highest BCUT2D eigenvalue weighted by atomic mass is 35.5. The Balaban J connectivity index is 1.84. The molecule has 0 saturated heterocycles. The number of nitrogens with zero attached hydrogens (tertiary/aromatic N) is 2. The summed E-state index contributed by atoms with van der Waals surface area (Å²) in [7, 11) is 0. The van der Waals surface area contributed by atoms with Crippen LogP contribution >= 0.6 is 11.6 Å². The van der Waals surface area contributed by atoms with Crippen LogP contribution in [0.5, 0.6) is 5.75 Å². The third-order valence-electron chi connectivity index (χ3n) is 2.63. The zero-order valence-corrected chi connectivity index (χ0v) is 9.69. The zero-order chi connectivity index (χ0) is 11.7. The smallest absolute Gasteiger partial charge is 0.149 e. The Morgan fingerprint density at radius 1 is 1.29 bits per heavy atom. The molecule has 1 atom stereocenters. The van der Waals surface area contributed by atoms with Gasteiger partial charge in [0.1, 0.15) is 23.3 Å². The summed E-state index contributed by atoms with van der Waals surface area (Å²) in [6.07, 6.45) is 3.15. The van der Waals surface area contributed by atoms with Gasteiger partial charge in [-0.25, -0.2) is 4.98 Å². The summed E-state index contributed by atoms with van der Waals surface area (Å²) >= 11 is 5.79. The van der Waals surface area contributed by atoms with Gasteiger partial charge >= 0.3 is 0 Å². The van der Waals surface area contributed by atoms with Crippen LogP contribution in [0.3, 0.4) is 0 Å². The summed E-state index contributed by atoms with van der Waals surface area (Å²) in [5.74, 6) is 1.57. The number of rotatable bonds is 2. The van der Waals surface area contributed by atoms with Crippen molar-refractivity contribution in [2.24, 2.45) is 0 Å². The van der Waals surface area contributed by atoms with Crippen molar-refractivity contribution in [3.8, 4) is 5.75 Å². The number of halogens is 1. The Hall–Kier alpha value is -1.81. The summed E-state index contributed by atoms with van der Waals surface area (Å²) in [6.45, 7) is 0.591. The van der Waals surface area contributed by atoms with Crippen molar-refractivity contribution in [1.29, 1.82) is 0 Å². The molecule has 2 heterocycles. The maximum absolute atomic E-state index is 5.79. The fourth-order valence-corrected chi connectivity index (χ4v) is 2.02. The Bertz CT molecular complexity index is 547. The topological polar surface area (TPSA) is 47.0 Å². The van der Waals surface area contributed by atoms with Crippen molar-refractivity contribution in [3.63, 3.8) is 0 Å². The minimum atomic E-state index is 0.0963. The molecule has 1 aromatic carbocycles. The van der Waals surface area contributed by atoms with Crippen molar-refractivity contribution >= 4 is 17.4 Å². The highest BCUT2D eigenvalue weighted by Crippen LogP contribution is 2.33. The predicted octanol–water partition coefficient (Wildman–Crippen LogP) is 2.68. The summed E-state index contributed by atoms with van der Waals surface area (Å²) in [5.41, 5.74) is 1.13. The van der Waals surface area contributed by atoms with Gasteiger partial charge in [-0.2, -0.15) is 0 Å². The fraction of sp³-hybridized carbons (Fsp3) is 0.167. The SMILES string of the molecule is Clc1cncc(NC2COc3ccccc32)n1. The van der Waals surface area contributed by atoms with Gasteiger partial charge in [-0.15, -0.1) is 0 Å². The minimum absolute atomic E-state index is 0.0963. The van der Waals surface area contributed by atoms with Gasteiger partial charge < -0.3 is 10.1 Å². The number of hydrogen-bond donors (Lipinski definition) is 1. The van der Waals surface area contributed by atoms with E-state index in [0.717, 1.165) is 11.3 Å². The molecule has 0 saturated carbocycles. The first-order valence-electron chi connectivity index (χ1n) is 5.29. The molecule has 0 bridgehead atoms. The maximum atomic E-state index is 5.79. The molecule has 1 aromatic heterocycles. The van der Waals surface area contributed by atoms with Crippen molar-refractivity contribution in [2.45, 2.75) is 6.04 Å². The number of fused-ring (bicyclic) bond motifs is 1. The Morgan fingerprint density at radius 2 is 2.18 bits per heavy atom. The molecule has 0 radical (unpaired) electrons. The summed E-state index contributed by atoms with van der Waals surface area (Å²) in [4.78, 5) is 8.13. The van der Waals surface area contributed by atoms with Crippen LogP contribution in [-0.4, -0.2) is 16.6 Å². The number of ether oxygens (including phenoxy) is 1. The van der Waals surface area contributed by atoms with Gasteiger partial charge in [0.25, 0.3) is 0 Å². The summed E-state index contributed by atoms with van der Waals surface area (Å²) < 4.78 is 5.57. The van der Waals surface area contributed by atoms with E-state index in [1.807, 2.05) is 24.3 Å². The van der Waals surface area contributed by atoms with E-state index < -0.39 is 0 Å². The Morgan fingerprint density at radius 3 is 3.06 bits per heavy atom. The lowest BCUT2D eigenvalue weighted by molar-refractivity contribution is 0.339. The van der Waals surface area contributed by atoms with Gasteiger partial charge in [0, 0.05) is 5.56 Å². The molecule has 2 aromatic rings. The maximum Gasteiger partial charge on any atom is 0.149 e. The first kappa shape index (κ1) is 10.4. The van der Waals surface area contributed by atoms with E-state index in [4.69, 9.17) is 16.3 Å². The lowest BCUT2D eigenvalue weighted by Crippen LogP contribution is -2.13. The molecule has 5 heteroatoms. The van der Waals surface area contributed by atoms with Crippen LogP contribution in [0.4, 0.5) is 5.82 Å². The van der Waals surface area contributed by atoms with Crippen molar-refractivity contribution in [1.82, 2.24) is 9.97 Å². The summed E-state index contributed by atoms with van der Waals surface area (Å²) in [6, 6.07) is 8.05. The number of aromatic nitrogens is 2. The molecule has 3 rings (SSSR count). The second-order valence-corrected chi connectivity index (χ2v) is 4.16. The van der Waals surface area contributed by atoms with Gasteiger partial charge in [0.15, 0.2) is 0 Å². The van der Waals surface area contributed by atoms with Crippen molar-refractivity contribution in [3.05, 3.63) is 47.4 Å². The largest absolute Gasteiger partial charge is 0.491 e. The number of para-hydroxylation sites is 1. The molecule has 0 fully saturated rings. The molecular weight excluding hydrogens is 238 g/mol. The average molecular weight is 248 g/mol. The molecule has 1 N–H and O–H groups in total. The average Bonchev–Trinajstić information content (AvgIpc) is 2.73. The van der Waals surface area contributed by atoms with Crippen LogP contribution < -0.4 is 10.1 Å². The third kappa shape index (κ3) is 2.03. The van der Waals surface area contributed by atoms with E-state index in [0.29, 0.717) is 17.6 Å². The normalized spacial score (nSPS) is 17.4. The fourth-order valence-electron chi connectivity index (χ4n) is 1.87. The number of nitrogens with one attached hydrogen (secondary N) is 1. The lowest BCUT2D eigenvalue weighted by atomic mass is 10.1. The molecule has 0 spiro atoms. The van der Waals surface area contributed by atoms with Crippen molar-refractivity contribution in [2.75, 3.05) is 11.9 Å². The predicted molar refractivity (Wildman–Crippen MR) is 65.3 cm³/mol. The number of anilines is 1. The van der Waals surface area contributed by atoms with Gasteiger partial charge in [0.05, 0.1) is 18.4 Å². The van der Waals surface area contributed by atoms with Crippen molar-refractivity contribution < 1.29 is 4.74 Å². The van der Waals surface area contributed by atoms with E-state index in [2.05, 4.69) is 15.3 Å². The molecule has 86 valence electrons. The first-order valence-corrected chi connectivity index (χ1v) is 5.66. The second kappa shape index (κ2) is 4.22. The minimum Gasteiger partial charge on any atom is -0.491 e. The molecule has 17 heavy (non-hydrogen) atoms. The van der Waals surface area contributed by atoms with Gasteiger partial charge in [0.2, 0.25) is 0 Å². The van der Waals surface area contributed by atoms with Gasteiger partial charge in [-0.3, -0.25) is 4.98 Å². The van der Waals surface area contributed by atoms with Gasteiger partial charge in [-0.05, 0) is 6.07 Å².